The van der Waals surface area contributed by atoms with E-state index in [9.17, 15) is 0 Å². The standard InChI is InChI=1S/C12H11NS3/c14-9-5-8(6-10(15)7-9)13-11-3-1-2-4-12(11)16/h1-7,13-16H. The highest BCUT2D eigenvalue weighted by atomic mass is 32.1. The number of benzene rings is 2. The Morgan fingerprint density at radius 3 is 2.06 bits per heavy atom. The number of para-hydroxylation sites is 1. The second-order valence-electron chi connectivity index (χ2n) is 3.38. The second kappa shape index (κ2) is 5.08. The summed E-state index contributed by atoms with van der Waals surface area (Å²) in [6.07, 6.45) is 0. The van der Waals surface area contributed by atoms with Gasteiger partial charge >= 0.3 is 0 Å². The number of anilines is 2. The molecule has 1 N–H and O–H groups in total. The van der Waals surface area contributed by atoms with Crippen LogP contribution in [0.25, 0.3) is 0 Å². The van der Waals surface area contributed by atoms with E-state index in [1.807, 2.05) is 42.5 Å². The lowest BCUT2D eigenvalue weighted by Crippen LogP contribution is -1.91. The highest BCUT2D eigenvalue weighted by Crippen LogP contribution is 2.26. The molecule has 4 heteroatoms. The SMILES string of the molecule is Sc1cc(S)cc(Nc2ccccc2S)c1. The Kier molecular flexibility index (Phi) is 3.74. The van der Waals surface area contributed by atoms with Crippen LogP contribution in [0.15, 0.2) is 57.2 Å². The smallest absolute Gasteiger partial charge is 0.0519 e. The summed E-state index contributed by atoms with van der Waals surface area (Å²) in [6.45, 7) is 0. The minimum Gasteiger partial charge on any atom is -0.355 e. The Morgan fingerprint density at radius 1 is 0.812 bits per heavy atom. The van der Waals surface area contributed by atoms with Crippen molar-refractivity contribution in [2.45, 2.75) is 14.7 Å². The number of hydrogen-bond donors (Lipinski definition) is 4. The molecule has 2 aromatic carbocycles. The zero-order valence-corrected chi connectivity index (χ0v) is 11.1. The zero-order chi connectivity index (χ0) is 11.5. The molecule has 0 aliphatic rings. The molecule has 0 aliphatic carbocycles. The van der Waals surface area contributed by atoms with Crippen LogP contribution >= 0.6 is 37.9 Å². The highest BCUT2D eigenvalue weighted by Gasteiger charge is 2.00. The Morgan fingerprint density at radius 2 is 1.44 bits per heavy atom. The van der Waals surface area contributed by atoms with Gasteiger partial charge in [-0.15, -0.1) is 37.9 Å². The molecule has 0 radical (unpaired) electrons. The molecule has 1 nitrogen and oxygen atoms in total. The van der Waals surface area contributed by atoms with Gasteiger partial charge in [0, 0.05) is 20.4 Å². The van der Waals surface area contributed by atoms with Crippen LogP contribution in [0.3, 0.4) is 0 Å². The second-order valence-corrected chi connectivity index (χ2v) is 4.89. The van der Waals surface area contributed by atoms with E-state index in [-0.39, 0.29) is 0 Å². The zero-order valence-electron chi connectivity index (χ0n) is 8.38. The van der Waals surface area contributed by atoms with Crippen LogP contribution in [-0.4, -0.2) is 0 Å². The molecule has 2 aromatic rings. The van der Waals surface area contributed by atoms with E-state index in [0.717, 1.165) is 26.1 Å². The van der Waals surface area contributed by atoms with E-state index in [4.69, 9.17) is 0 Å². The maximum Gasteiger partial charge on any atom is 0.0519 e. The summed E-state index contributed by atoms with van der Waals surface area (Å²) in [6, 6.07) is 13.6. The number of rotatable bonds is 2. The predicted molar refractivity (Wildman–Crippen MR) is 77.9 cm³/mol. The quantitative estimate of drug-likeness (QED) is 0.594. The average Bonchev–Trinajstić information content (AvgIpc) is 2.20. The first-order chi connectivity index (χ1) is 7.65. The first-order valence-electron chi connectivity index (χ1n) is 4.73. The molecule has 2 rings (SSSR count). The van der Waals surface area contributed by atoms with E-state index < -0.39 is 0 Å². The summed E-state index contributed by atoms with van der Waals surface area (Å²) in [4.78, 5) is 2.67. The average molecular weight is 265 g/mol. The third-order valence-corrected chi connectivity index (χ3v) is 2.99. The summed E-state index contributed by atoms with van der Waals surface area (Å²) >= 11 is 13.0. The third kappa shape index (κ3) is 2.90. The fourth-order valence-corrected chi connectivity index (χ4v) is 2.28. The van der Waals surface area contributed by atoms with Crippen molar-refractivity contribution in [3.8, 4) is 0 Å². The molecule has 0 atom stereocenters. The number of thiol groups is 3. The largest absolute Gasteiger partial charge is 0.355 e. The molecule has 0 heterocycles. The fourth-order valence-electron chi connectivity index (χ4n) is 1.40. The summed E-state index contributed by atoms with van der Waals surface area (Å²) in [5.74, 6) is 0. The molecule has 0 aromatic heterocycles. The van der Waals surface area contributed by atoms with Gasteiger partial charge in [0.2, 0.25) is 0 Å². The molecule has 0 saturated carbocycles. The van der Waals surface area contributed by atoms with Gasteiger partial charge in [-0.1, -0.05) is 12.1 Å². The lowest BCUT2D eigenvalue weighted by molar-refractivity contribution is 1.32. The first kappa shape index (κ1) is 11.8. The molecule has 0 fully saturated rings. The van der Waals surface area contributed by atoms with Crippen molar-refractivity contribution in [2.75, 3.05) is 5.32 Å². The van der Waals surface area contributed by atoms with E-state index in [1.54, 1.807) is 0 Å². The Bertz CT molecular complexity index is 491. The van der Waals surface area contributed by atoms with Gasteiger partial charge in [-0.05, 0) is 30.3 Å². The molecule has 0 bridgehead atoms. The Labute approximate surface area is 112 Å². The molecular formula is C12H11NS3. The lowest BCUT2D eigenvalue weighted by atomic mass is 10.2. The molecule has 16 heavy (non-hydrogen) atoms. The maximum atomic E-state index is 4.38. The van der Waals surface area contributed by atoms with Crippen molar-refractivity contribution < 1.29 is 0 Å². The maximum absolute atomic E-state index is 4.38. The summed E-state index contributed by atoms with van der Waals surface area (Å²) < 4.78 is 0. The lowest BCUT2D eigenvalue weighted by Gasteiger charge is -2.09. The summed E-state index contributed by atoms with van der Waals surface area (Å²) in [5, 5.41) is 3.28. The molecular weight excluding hydrogens is 254 g/mol. The minimum atomic E-state index is 0.881. The molecule has 82 valence electrons. The predicted octanol–water partition coefficient (Wildman–Crippen LogP) is 4.30. The van der Waals surface area contributed by atoms with Crippen LogP contribution in [-0.2, 0) is 0 Å². The van der Waals surface area contributed by atoms with E-state index >= 15 is 0 Å². The highest BCUT2D eigenvalue weighted by molar-refractivity contribution is 7.81. The van der Waals surface area contributed by atoms with E-state index in [1.165, 1.54) is 0 Å². The van der Waals surface area contributed by atoms with Crippen molar-refractivity contribution in [1.29, 1.82) is 0 Å². The van der Waals surface area contributed by atoms with Gasteiger partial charge in [0.1, 0.15) is 0 Å². The van der Waals surface area contributed by atoms with Crippen molar-refractivity contribution in [1.82, 2.24) is 0 Å². The summed E-state index contributed by atoms with van der Waals surface area (Å²) in [5.41, 5.74) is 1.93. The van der Waals surface area contributed by atoms with Gasteiger partial charge in [0.15, 0.2) is 0 Å². The van der Waals surface area contributed by atoms with Crippen LogP contribution in [0.2, 0.25) is 0 Å². The minimum absolute atomic E-state index is 0.881. The van der Waals surface area contributed by atoms with Crippen LogP contribution < -0.4 is 5.32 Å². The normalized spacial score (nSPS) is 10.2. The van der Waals surface area contributed by atoms with Gasteiger partial charge in [0.05, 0.1) is 5.69 Å². The van der Waals surface area contributed by atoms with Crippen LogP contribution in [0.4, 0.5) is 11.4 Å². The first-order valence-corrected chi connectivity index (χ1v) is 6.07. The Balaban J connectivity index is 2.30. The monoisotopic (exact) mass is 265 g/mol. The van der Waals surface area contributed by atoms with Gasteiger partial charge < -0.3 is 5.32 Å². The fraction of sp³-hybridized carbons (Fsp3) is 0. The molecule has 0 aliphatic heterocycles. The van der Waals surface area contributed by atoms with Crippen molar-refractivity contribution >= 4 is 49.3 Å². The van der Waals surface area contributed by atoms with Gasteiger partial charge in [-0.25, -0.2) is 0 Å². The third-order valence-electron chi connectivity index (χ3n) is 2.09. The van der Waals surface area contributed by atoms with Gasteiger partial charge in [0.25, 0.3) is 0 Å². The number of hydrogen-bond acceptors (Lipinski definition) is 4. The van der Waals surface area contributed by atoms with Crippen molar-refractivity contribution in [3.63, 3.8) is 0 Å². The van der Waals surface area contributed by atoms with Crippen molar-refractivity contribution in [3.05, 3.63) is 42.5 Å². The van der Waals surface area contributed by atoms with Gasteiger partial charge in [-0.2, -0.15) is 0 Å². The Hall–Kier alpha value is -0.710. The number of nitrogens with one attached hydrogen (secondary N) is 1. The van der Waals surface area contributed by atoms with Crippen molar-refractivity contribution in [2.24, 2.45) is 0 Å². The molecule has 0 saturated heterocycles. The van der Waals surface area contributed by atoms with Gasteiger partial charge in [-0.3, -0.25) is 0 Å². The molecule has 0 unspecified atom stereocenters. The molecule has 0 spiro atoms. The van der Waals surface area contributed by atoms with Crippen LogP contribution in [0, 0.1) is 0 Å². The van der Waals surface area contributed by atoms with E-state index in [0.29, 0.717) is 0 Å². The van der Waals surface area contributed by atoms with Crippen LogP contribution in [0.5, 0.6) is 0 Å². The topological polar surface area (TPSA) is 12.0 Å². The van der Waals surface area contributed by atoms with Crippen LogP contribution in [0.1, 0.15) is 0 Å². The van der Waals surface area contributed by atoms with E-state index in [2.05, 4.69) is 43.2 Å². The summed E-state index contributed by atoms with van der Waals surface area (Å²) in [7, 11) is 0. The molecule has 0 amide bonds.